The van der Waals surface area contributed by atoms with Crippen LogP contribution in [0.1, 0.15) is 31.7 Å². The second-order valence-corrected chi connectivity index (χ2v) is 8.29. The van der Waals surface area contributed by atoms with Gasteiger partial charge < -0.3 is 25.9 Å². The molecule has 1 fully saturated rings. The third kappa shape index (κ3) is 5.97. The molecule has 0 bridgehead atoms. The molecule has 2 amide bonds. The van der Waals surface area contributed by atoms with Crippen LogP contribution in [0.5, 0.6) is 11.6 Å². The summed E-state index contributed by atoms with van der Waals surface area (Å²) in [5, 5.41) is 8.97. The van der Waals surface area contributed by atoms with Crippen LogP contribution in [-0.2, 0) is 14.4 Å². The first-order valence-electron chi connectivity index (χ1n) is 11.4. The van der Waals surface area contributed by atoms with Crippen LogP contribution >= 0.6 is 0 Å². The lowest BCUT2D eigenvalue weighted by atomic mass is 10.0. The van der Waals surface area contributed by atoms with Gasteiger partial charge in [0.25, 0.3) is 0 Å². The zero-order chi connectivity index (χ0) is 26.4. The molecule has 0 unspecified atom stereocenters. The van der Waals surface area contributed by atoms with Gasteiger partial charge >= 0.3 is 0 Å². The molecule has 10 nitrogen and oxygen atoms in total. The summed E-state index contributed by atoms with van der Waals surface area (Å²) in [4.78, 5) is 38.5. The largest absolute Gasteiger partial charge is 0.435 e. The van der Waals surface area contributed by atoms with Crippen LogP contribution in [0.3, 0.4) is 0 Å². The van der Waals surface area contributed by atoms with Crippen molar-refractivity contribution in [3.8, 4) is 11.6 Å². The van der Waals surface area contributed by atoms with E-state index in [0.717, 1.165) is 18.8 Å². The fraction of sp³-hybridized carbons (Fsp3) is 0.240. The van der Waals surface area contributed by atoms with E-state index in [2.05, 4.69) is 25.8 Å². The molecule has 3 aromatic rings. The van der Waals surface area contributed by atoms with E-state index in [1.54, 1.807) is 0 Å². The first-order chi connectivity index (χ1) is 17.8. The maximum atomic E-state index is 14.8. The van der Waals surface area contributed by atoms with Gasteiger partial charge in [-0.15, -0.1) is 0 Å². The van der Waals surface area contributed by atoms with Crippen molar-refractivity contribution < 1.29 is 27.9 Å². The van der Waals surface area contributed by atoms with Crippen molar-refractivity contribution >= 4 is 35.2 Å². The Bertz CT molecular complexity index is 1330. The average molecular weight is 511 g/mol. The van der Waals surface area contributed by atoms with Crippen LogP contribution in [0.2, 0.25) is 0 Å². The molecule has 4 rings (SSSR count). The Hall–Kier alpha value is -4.61. The Morgan fingerprint density at radius 2 is 1.76 bits per heavy atom. The van der Waals surface area contributed by atoms with E-state index in [4.69, 9.17) is 15.3 Å². The van der Waals surface area contributed by atoms with Gasteiger partial charge in [0.05, 0.1) is 6.21 Å². The Morgan fingerprint density at radius 1 is 1.08 bits per heavy atom. The number of aromatic nitrogens is 2. The molecule has 1 aliphatic rings. The summed E-state index contributed by atoms with van der Waals surface area (Å²) in [5.74, 6) is -2.49. The summed E-state index contributed by atoms with van der Waals surface area (Å²) < 4.78 is 33.5. The summed E-state index contributed by atoms with van der Waals surface area (Å²) in [6.45, 7) is 2.32. The zero-order valence-electron chi connectivity index (χ0n) is 19.8. The normalized spacial score (nSPS) is 13.7. The number of amides is 2. The monoisotopic (exact) mass is 510 g/mol. The quantitative estimate of drug-likeness (QED) is 0.160. The Morgan fingerprint density at radius 3 is 2.41 bits per heavy atom. The third-order valence-electron chi connectivity index (χ3n) is 5.55. The first kappa shape index (κ1) is 25.5. The fourth-order valence-electron chi connectivity index (χ4n) is 3.31. The number of hydrogen-bond acceptors (Lipinski definition) is 8. The van der Waals surface area contributed by atoms with E-state index >= 15 is 0 Å². The number of oxime groups is 1. The Labute approximate surface area is 210 Å². The van der Waals surface area contributed by atoms with Gasteiger partial charge in [-0.05, 0) is 55.7 Å². The van der Waals surface area contributed by atoms with Gasteiger partial charge in [-0.1, -0.05) is 12.1 Å². The summed E-state index contributed by atoms with van der Waals surface area (Å²) in [6.07, 6.45) is 3.86. The van der Waals surface area contributed by atoms with Crippen molar-refractivity contribution in [2.24, 2.45) is 10.6 Å². The van der Waals surface area contributed by atoms with Gasteiger partial charge in [0.1, 0.15) is 35.5 Å². The van der Waals surface area contributed by atoms with Crippen molar-refractivity contribution in [2.75, 3.05) is 23.0 Å². The SMILES string of the molecule is CCCO/N=C/c1c(N)ncnc1Oc1ccc(NC(=O)C2(C(=O)Nc3ccc(F)cc3)CC2)cc1F. The zero-order valence-corrected chi connectivity index (χ0v) is 19.8. The maximum absolute atomic E-state index is 14.8. The van der Waals surface area contributed by atoms with E-state index in [1.807, 2.05) is 6.92 Å². The number of anilines is 3. The first-order valence-corrected chi connectivity index (χ1v) is 11.4. The van der Waals surface area contributed by atoms with E-state index in [1.165, 1.54) is 42.6 Å². The van der Waals surface area contributed by atoms with Crippen LogP contribution < -0.4 is 21.1 Å². The number of ether oxygens (including phenoxy) is 1. The van der Waals surface area contributed by atoms with Gasteiger partial charge in [0.15, 0.2) is 11.6 Å². The minimum atomic E-state index is -1.29. The lowest BCUT2D eigenvalue weighted by molar-refractivity contribution is -0.131. The van der Waals surface area contributed by atoms with Crippen molar-refractivity contribution in [1.82, 2.24) is 9.97 Å². The highest BCUT2D eigenvalue weighted by atomic mass is 19.1. The number of rotatable bonds is 10. The van der Waals surface area contributed by atoms with Crippen molar-refractivity contribution in [1.29, 1.82) is 0 Å². The number of hydrogen-bond donors (Lipinski definition) is 3. The van der Waals surface area contributed by atoms with E-state index < -0.39 is 28.9 Å². The average Bonchev–Trinajstić information content (AvgIpc) is 3.69. The van der Waals surface area contributed by atoms with Crippen LogP contribution in [0.15, 0.2) is 53.9 Å². The Kier molecular flexibility index (Phi) is 7.56. The smallest absolute Gasteiger partial charge is 0.240 e. The van der Waals surface area contributed by atoms with Gasteiger partial charge in [0, 0.05) is 17.4 Å². The number of nitrogens with zero attached hydrogens (tertiary/aromatic N) is 3. The van der Waals surface area contributed by atoms with E-state index in [0.29, 0.717) is 25.1 Å². The molecule has 2 aromatic carbocycles. The number of carbonyl (C=O) groups is 2. The summed E-state index contributed by atoms with van der Waals surface area (Å²) in [6, 6.07) is 8.99. The molecule has 192 valence electrons. The van der Waals surface area contributed by atoms with Gasteiger partial charge in [-0.2, -0.15) is 0 Å². The fourth-order valence-corrected chi connectivity index (χ4v) is 3.31. The summed E-state index contributed by atoms with van der Waals surface area (Å²) >= 11 is 0. The van der Waals surface area contributed by atoms with Gasteiger partial charge in [0.2, 0.25) is 17.7 Å². The minimum absolute atomic E-state index is 0.0403. The lowest BCUT2D eigenvalue weighted by Gasteiger charge is -2.16. The molecule has 0 saturated heterocycles. The van der Waals surface area contributed by atoms with Crippen molar-refractivity contribution in [2.45, 2.75) is 26.2 Å². The second-order valence-electron chi connectivity index (χ2n) is 8.29. The van der Waals surface area contributed by atoms with E-state index in [9.17, 15) is 18.4 Å². The highest BCUT2D eigenvalue weighted by Gasteiger charge is 2.56. The number of benzene rings is 2. The molecular weight excluding hydrogens is 486 g/mol. The molecule has 1 heterocycles. The second kappa shape index (κ2) is 11.0. The molecule has 4 N–H and O–H groups in total. The predicted octanol–water partition coefficient (Wildman–Crippen LogP) is 4.25. The summed E-state index contributed by atoms with van der Waals surface area (Å²) in [7, 11) is 0. The minimum Gasteiger partial charge on any atom is -0.435 e. The van der Waals surface area contributed by atoms with Crippen molar-refractivity contribution in [3.05, 3.63) is 66.0 Å². The molecule has 0 atom stereocenters. The van der Waals surface area contributed by atoms with Gasteiger partial charge in [-0.3, -0.25) is 9.59 Å². The molecule has 0 radical (unpaired) electrons. The van der Waals surface area contributed by atoms with Crippen LogP contribution in [0, 0.1) is 17.0 Å². The standard InChI is InChI=1S/C25H24F2N6O4/c1-2-11-36-31-13-18-21(28)29-14-30-22(18)37-20-8-7-17(12-19(20)27)33-24(35)25(9-10-25)23(34)32-16-5-3-15(26)4-6-16/h3-8,12-14H,2,9-11H2,1H3,(H,32,34)(H,33,35)(H2,28,29,30)/b31-13+. The third-order valence-corrected chi connectivity index (χ3v) is 5.55. The topological polar surface area (TPSA) is 141 Å². The molecule has 1 saturated carbocycles. The number of nitrogens with two attached hydrogens (primary N) is 1. The molecule has 0 spiro atoms. The van der Waals surface area contributed by atoms with Crippen LogP contribution in [0.25, 0.3) is 0 Å². The molecular formula is C25H24F2N6O4. The molecule has 1 aromatic heterocycles. The summed E-state index contributed by atoms with van der Waals surface area (Å²) in [5.41, 5.74) is 5.28. The van der Waals surface area contributed by atoms with Crippen molar-refractivity contribution in [3.63, 3.8) is 0 Å². The maximum Gasteiger partial charge on any atom is 0.240 e. The number of nitrogen functional groups attached to an aromatic ring is 1. The molecule has 37 heavy (non-hydrogen) atoms. The molecule has 12 heteroatoms. The highest BCUT2D eigenvalue weighted by molar-refractivity contribution is 6.16. The van der Waals surface area contributed by atoms with Crippen LogP contribution in [-0.4, -0.2) is 34.6 Å². The number of halogens is 2. The molecule has 0 aliphatic heterocycles. The number of nitrogens with one attached hydrogen (secondary N) is 2. The lowest BCUT2D eigenvalue weighted by Crippen LogP contribution is -2.35. The van der Waals surface area contributed by atoms with E-state index in [-0.39, 0.29) is 28.7 Å². The van der Waals surface area contributed by atoms with Gasteiger partial charge in [-0.25, -0.2) is 18.7 Å². The molecule has 1 aliphatic carbocycles. The predicted molar refractivity (Wildman–Crippen MR) is 132 cm³/mol. The number of carbonyl (C=O) groups excluding carboxylic acids is 2. The highest BCUT2D eigenvalue weighted by Crippen LogP contribution is 2.47. The Balaban J connectivity index is 1.43. The van der Waals surface area contributed by atoms with Crippen LogP contribution in [0.4, 0.5) is 26.0 Å².